The van der Waals surface area contributed by atoms with Gasteiger partial charge in [0.2, 0.25) is 0 Å². The van der Waals surface area contributed by atoms with Gasteiger partial charge in [0, 0.05) is 38.4 Å². The molecule has 0 fully saturated rings. The van der Waals surface area contributed by atoms with Crippen LogP contribution in [-0.2, 0) is 4.74 Å². The first kappa shape index (κ1) is 15.4. The molecule has 0 amide bonds. The molecule has 1 aromatic rings. The van der Waals surface area contributed by atoms with Crippen LogP contribution in [0, 0.1) is 6.92 Å². The Balaban J connectivity index is 2.81. The molecule has 0 aromatic carbocycles. The molecule has 0 saturated heterocycles. The molecule has 0 N–H and O–H groups in total. The van der Waals surface area contributed by atoms with Crippen molar-refractivity contribution < 1.29 is 4.74 Å². The molecular weight excluding hydrogens is 294 g/mol. The van der Waals surface area contributed by atoms with Crippen molar-refractivity contribution in [1.29, 1.82) is 0 Å². The molecule has 4 nitrogen and oxygen atoms in total. The number of ether oxygens (including phenoxy) is 1. The topological polar surface area (TPSA) is 38.2 Å². The smallest absolute Gasteiger partial charge is 0.133 e. The average Bonchev–Trinajstić information content (AvgIpc) is 2.28. The summed E-state index contributed by atoms with van der Waals surface area (Å²) in [6.07, 6.45) is 0. The van der Waals surface area contributed by atoms with E-state index >= 15 is 0 Å². The van der Waals surface area contributed by atoms with E-state index in [0.29, 0.717) is 17.4 Å². The molecule has 1 atom stereocenters. The fourth-order valence-corrected chi connectivity index (χ4v) is 2.35. The van der Waals surface area contributed by atoms with Crippen LogP contribution in [0.25, 0.3) is 0 Å². The van der Waals surface area contributed by atoms with E-state index in [1.165, 1.54) is 0 Å². The molecule has 1 rings (SSSR count). The summed E-state index contributed by atoms with van der Waals surface area (Å²) in [4.78, 5) is 11.5. The number of rotatable bonds is 6. The number of hydrogen-bond acceptors (Lipinski definition) is 4. The maximum Gasteiger partial charge on any atom is 0.133 e. The van der Waals surface area contributed by atoms with Gasteiger partial charge in [-0.05, 0) is 6.92 Å². The number of halogens is 1. The van der Waals surface area contributed by atoms with Crippen LogP contribution >= 0.6 is 15.9 Å². The summed E-state index contributed by atoms with van der Waals surface area (Å²) in [6, 6.07) is 2.01. The fourth-order valence-electron chi connectivity index (χ4n) is 1.65. The highest BCUT2D eigenvalue weighted by Gasteiger charge is 2.12. The van der Waals surface area contributed by atoms with Crippen LogP contribution in [0.5, 0.6) is 0 Å². The number of nitrogens with zero attached hydrogens (tertiary/aromatic N) is 3. The monoisotopic (exact) mass is 315 g/mol. The Labute approximate surface area is 118 Å². The van der Waals surface area contributed by atoms with Gasteiger partial charge in [-0.1, -0.05) is 29.8 Å². The van der Waals surface area contributed by atoms with Crippen molar-refractivity contribution in [1.82, 2.24) is 9.97 Å². The van der Waals surface area contributed by atoms with Crippen molar-refractivity contribution in [2.45, 2.75) is 31.5 Å². The first-order valence-electron chi connectivity index (χ1n) is 6.13. The Bertz CT molecular complexity index is 384. The minimum atomic E-state index is 0.297. The molecule has 102 valence electrons. The van der Waals surface area contributed by atoms with E-state index in [-0.39, 0.29) is 0 Å². The van der Waals surface area contributed by atoms with Crippen molar-refractivity contribution >= 4 is 21.7 Å². The highest BCUT2D eigenvalue weighted by molar-refractivity contribution is 9.09. The molecule has 1 unspecified atom stereocenters. The zero-order chi connectivity index (χ0) is 13.7. The summed E-state index contributed by atoms with van der Waals surface area (Å²) in [7, 11) is 3.75. The van der Waals surface area contributed by atoms with Crippen LogP contribution in [0.2, 0.25) is 0 Å². The molecule has 0 aliphatic rings. The molecule has 0 aliphatic heterocycles. The highest BCUT2D eigenvalue weighted by atomic mass is 79.9. The standard InChI is InChI=1S/C13H22BrN3O/c1-9(2)13-15-10(3)6-12(16-13)17(4)7-11(14)8-18-5/h6,9,11H,7-8H2,1-5H3. The van der Waals surface area contributed by atoms with E-state index in [1.807, 2.05) is 20.0 Å². The summed E-state index contributed by atoms with van der Waals surface area (Å²) in [6.45, 7) is 7.76. The Hall–Kier alpha value is -0.680. The second-order valence-corrected chi connectivity index (χ2v) is 6.11. The molecule has 1 heterocycles. The number of hydrogen-bond donors (Lipinski definition) is 0. The molecule has 1 aromatic heterocycles. The second-order valence-electron chi connectivity index (χ2n) is 4.81. The molecular formula is C13H22BrN3O. The van der Waals surface area contributed by atoms with Gasteiger partial charge in [0.15, 0.2) is 0 Å². The van der Waals surface area contributed by atoms with Crippen LogP contribution in [0.15, 0.2) is 6.07 Å². The van der Waals surface area contributed by atoms with E-state index in [2.05, 4.69) is 44.6 Å². The zero-order valence-corrected chi connectivity index (χ0v) is 13.4. The molecule has 5 heteroatoms. The Morgan fingerprint density at radius 2 is 2.06 bits per heavy atom. The quantitative estimate of drug-likeness (QED) is 0.757. The van der Waals surface area contributed by atoms with E-state index in [1.54, 1.807) is 7.11 Å². The van der Waals surface area contributed by atoms with Gasteiger partial charge in [0.05, 0.1) is 11.4 Å². The van der Waals surface area contributed by atoms with Crippen LogP contribution < -0.4 is 4.90 Å². The van der Waals surface area contributed by atoms with E-state index < -0.39 is 0 Å². The molecule has 0 radical (unpaired) electrons. The normalized spacial score (nSPS) is 12.8. The minimum Gasteiger partial charge on any atom is -0.383 e. The number of aryl methyl sites for hydroxylation is 1. The van der Waals surface area contributed by atoms with Crippen molar-refractivity contribution in [3.05, 3.63) is 17.6 Å². The Morgan fingerprint density at radius 3 is 2.61 bits per heavy atom. The largest absolute Gasteiger partial charge is 0.383 e. The van der Waals surface area contributed by atoms with Gasteiger partial charge in [-0.25, -0.2) is 9.97 Å². The lowest BCUT2D eigenvalue weighted by molar-refractivity contribution is 0.201. The number of alkyl halides is 1. The van der Waals surface area contributed by atoms with E-state index in [9.17, 15) is 0 Å². The van der Waals surface area contributed by atoms with Crippen molar-refractivity contribution in [2.24, 2.45) is 0 Å². The van der Waals surface area contributed by atoms with Crippen LogP contribution in [0.4, 0.5) is 5.82 Å². The van der Waals surface area contributed by atoms with Crippen LogP contribution in [0.1, 0.15) is 31.3 Å². The van der Waals surface area contributed by atoms with Gasteiger partial charge in [-0.15, -0.1) is 0 Å². The van der Waals surface area contributed by atoms with E-state index in [4.69, 9.17) is 4.74 Å². The molecule has 0 saturated carbocycles. The third kappa shape index (κ3) is 4.53. The zero-order valence-electron chi connectivity index (χ0n) is 11.8. The third-order valence-corrected chi connectivity index (χ3v) is 3.14. The lowest BCUT2D eigenvalue weighted by atomic mass is 10.2. The first-order chi connectivity index (χ1) is 8.43. The number of methoxy groups -OCH3 is 1. The van der Waals surface area contributed by atoms with Gasteiger partial charge >= 0.3 is 0 Å². The van der Waals surface area contributed by atoms with Gasteiger partial charge in [-0.3, -0.25) is 0 Å². The minimum absolute atomic E-state index is 0.297. The summed E-state index contributed by atoms with van der Waals surface area (Å²) >= 11 is 3.59. The SMILES string of the molecule is COCC(Br)CN(C)c1cc(C)nc(C(C)C)n1. The summed E-state index contributed by atoms with van der Waals surface area (Å²) < 4.78 is 5.12. The van der Waals surface area contributed by atoms with Crippen LogP contribution in [0.3, 0.4) is 0 Å². The van der Waals surface area contributed by atoms with Gasteiger partial charge < -0.3 is 9.64 Å². The fraction of sp³-hybridized carbons (Fsp3) is 0.692. The summed E-state index contributed by atoms with van der Waals surface area (Å²) in [5.41, 5.74) is 1.01. The van der Waals surface area contributed by atoms with Gasteiger partial charge in [-0.2, -0.15) is 0 Å². The summed E-state index contributed by atoms with van der Waals surface area (Å²) in [5.74, 6) is 2.21. The van der Waals surface area contributed by atoms with E-state index in [0.717, 1.165) is 23.9 Å². The maximum absolute atomic E-state index is 5.12. The molecule has 18 heavy (non-hydrogen) atoms. The molecule has 0 spiro atoms. The van der Waals surface area contributed by atoms with Gasteiger partial charge in [0.25, 0.3) is 0 Å². The van der Waals surface area contributed by atoms with Crippen molar-refractivity contribution in [3.8, 4) is 0 Å². The second kappa shape index (κ2) is 7.04. The Morgan fingerprint density at radius 1 is 1.39 bits per heavy atom. The van der Waals surface area contributed by atoms with Crippen molar-refractivity contribution in [2.75, 3.05) is 32.2 Å². The summed E-state index contributed by atoms with van der Waals surface area (Å²) in [5, 5.41) is 0. The average molecular weight is 316 g/mol. The van der Waals surface area contributed by atoms with Crippen LogP contribution in [-0.4, -0.2) is 42.1 Å². The third-order valence-electron chi connectivity index (χ3n) is 2.58. The van der Waals surface area contributed by atoms with Crippen molar-refractivity contribution in [3.63, 3.8) is 0 Å². The molecule has 0 bridgehead atoms. The number of aromatic nitrogens is 2. The Kier molecular flexibility index (Phi) is 6.02. The van der Waals surface area contributed by atoms with Gasteiger partial charge in [0.1, 0.15) is 11.6 Å². The predicted octanol–water partition coefficient (Wildman–Crippen LogP) is 2.75. The lowest BCUT2D eigenvalue weighted by Crippen LogP contribution is -2.29. The first-order valence-corrected chi connectivity index (χ1v) is 7.05. The highest BCUT2D eigenvalue weighted by Crippen LogP contribution is 2.17. The maximum atomic E-state index is 5.12. The number of anilines is 1. The predicted molar refractivity (Wildman–Crippen MR) is 78.7 cm³/mol. The molecule has 0 aliphatic carbocycles. The lowest BCUT2D eigenvalue weighted by Gasteiger charge is -2.22.